The second kappa shape index (κ2) is 31.0. The zero-order valence-electron chi connectivity index (χ0n) is 33.9. The van der Waals surface area contributed by atoms with E-state index in [1.165, 1.54) is 0 Å². The minimum absolute atomic E-state index is 0.107. The topological polar surface area (TPSA) is 307 Å². The fraction of sp³-hybridized carbons (Fsp3) is 0.550. The van der Waals surface area contributed by atoms with E-state index in [9.17, 15) is 59.4 Å². The van der Waals surface area contributed by atoms with Crippen LogP contribution in [0.3, 0.4) is 0 Å². The van der Waals surface area contributed by atoms with Gasteiger partial charge >= 0.3 is 29.8 Å². The van der Waals surface area contributed by atoms with E-state index in [-0.39, 0.29) is 45.2 Å². The third kappa shape index (κ3) is 19.5. The van der Waals surface area contributed by atoms with Gasteiger partial charge in [-0.2, -0.15) is 0 Å². The van der Waals surface area contributed by atoms with Crippen LogP contribution in [-0.4, -0.2) is 189 Å². The molecule has 0 amide bonds. The quantitative estimate of drug-likeness (QED) is 0.0170. The zero-order valence-corrected chi connectivity index (χ0v) is 33.9. The molecular weight excluding hydrogens is 816 g/mol. The van der Waals surface area contributed by atoms with Crippen molar-refractivity contribution in [3.05, 3.63) is 75.9 Å². The smallest absolute Gasteiger partial charge is 0.330 e. The number of esters is 5. The Kier molecular flexibility index (Phi) is 28.5. The van der Waals surface area contributed by atoms with E-state index >= 15 is 0 Å². The summed E-state index contributed by atoms with van der Waals surface area (Å²) in [6, 6.07) is 0. The number of hydrogen-bond donors (Lipinski definition) is 6. The molecule has 61 heavy (non-hydrogen) atoms. The van der Waals surface area contributed by atoms with Gasteiger partial charge < -0.3 is 73.3 Å². The second-order valence-electron chi connectivity index (χ2n) is 12.7. The number of aliphatic hydroxyl groups is 6. The van der Waals surface area contributed by atoms with Crippen molar-refractivity contribution in [1.82, 2.24) is 0 Å². The Balaban J connectivity index is 6.09. The predicted molar refractivity (Wildman–Crippen MR) is 210 cm³/mol. The molecule has 6 N–H and O–H groups in total. The van der Waals surface area contributed by atoms with Gasteiger partial charge in [0, 0.05) is 36.8 Å². The van der Waals surface area contributed by atoms with Crippen LogP contribution in [0.4, 0.5) is 0 Å². The molecule has 21 nitrogen and oxygen atoms in total. The van der Waals surface area contributed by atoms with E-state index in [2.05, 4.69) is 39.5 Å². The largest absolute Gasteiger partial charge is 0.460 e. The molecule has 0 aromatic rings. The SMILES string of the molecule is C=CC(=O)CCOCC(O)C(COCCOCCOCC(C(O)COC(=O)C=C)(C(O)COC(=O)C=C)C(O)COC(=O)C=C)(C(O)COC(=O)C=C)C(O)COC(=O)C=C. The Morgan fingerprint density at radius 2 is 0.639 bits per heavy atom. The molecule has 0 aromatic carbocycles. The summed E-state index contributed by atoms with van der Waals surface area (Å²) in [6.45, 7) is 12.2. The first kappa shape index (κ1) is 56.1. The van der Waals surface area contributed by atoms with E-state index < -0.39 is 130 Å². The van der Waals surface area contributed by atoms with Crippen LogP contribution in [0, 0.1) is 10.8 Å². The summed E-state index contributed by atoms with van der Waals surface area (Å²) in [5.41, 5.74) is -4.44. The molecule has 0 spiro atoms. The van der Waals surface area contributed by atoms with Gasteiger partial charge in [-0.25, -0.2) is 24.0 Å². The van der Waals surface area contributed by atoms with Crippen LogP contribution in [0.2, 0.25) is 0 Å². The summed E-state index contributed by atoms with van der Waals surface area (Å²) < 4.78 is 46.8. The Morgan fingerprint density at radius 3 is 0.902 bits per heavy atom. The van der Waals surface area contributed by atoms with Crippen molar-refractivity contribution in [3.63, 3.8) is 0 Å². The van der Waals surface area contributed by atoms with Gasteiger partial charge in [-0.1, -0.05) is 39.5 Å². The lowest BCUT2D eigenvalue weighted by Crippen LogP contribution is -2.61. The van der Waals surface area contributed by atoms with Crippen LogP contribution in [0.25, 0.3) is 0 Å². The van der Waals surface area contributed by atoms with Crippen molar-refractivity contribution in [1.29, 1.82) is 0 Å². The number of aliphatic hydroxyl groups excluding tert-OH is 6. The van der Waals surface area contributed by atoms with E-state index in [1.807, 2.05) is 0 Å². The first-order chi connectivity index (χ1) is 29.0. The summed E-state index contributed by atoms with van der Waals surface area (Å²) >= 11 is 0. The lowest BCUT2D eigenvalue weighted by Gasteiger charge is -2.44. The summed E-state index contributed by atoms with van der Waals surface area (Å²) in [5, 5.41) is 67.5. The van der Waals surface area contributed by atoms with Crippen LogP contribution in [0.1, 0.15) is 6.42 Å². The van der Waals surface area contributed by atoms with Crippen LogP contribution < -0.4 is 0 Å². The Morgan fingerprint density at radius 1 is 0.377 bits per heavy atom. The molecule has 0 saturated carbocycles. The lowest BCUT2D eigenvalue weighted by atomic mass is 9.73. The average molecular weight is 875 g/mol. The first-order valence-corrected chi connectivity index (χ1v) is 18.5. The third-order valence-corrected chi connectivity index (χ3v) is 8.92. The molecule has 344 valence electrons. The number of carbonyl (C=O) groups is 6. The Labute approximate surface area is 353 Å². The van der Waals surface area contributed by atoms with Gasteiger partial charge in [-0.15, -0.1) is 0 Å². The van der Waals surface area contributed by atoms with Crippen molar-refractivity contribution in [2.45, 2.75) is 43.0 Å². The number of ketones is 1. The molecule has 0 aromatic heterocycles. The maximum Gasteiger partial charge on any atom is 0.330 e. The highest BCUT2D eigenvalue weighted by Gasteiger charge is 2.53. The summed E-state index contributed by atoms with van der Waals surface area (Å²) in [5.74, 6) is -5.19. The minimum Gasteiger partial charge on any atom is -0.460 e. The number of allylic oxidation sites excluding steroid dienone is 1. The van der Waals surface area contributed by atoms with Gasteiger partial charge in [0.05, 0.1) is 69.8 Å². The number of ether oxygens (including phenoxy) is 9. The first-order valence-electron chi connectivity index (χ1n) is 18.5. The highest BCUT2D eigenvalue weighted by Crippen LogP contribution is 2.35. The highest BCUT2D eigenvalue weighted by atomic mass is 16.6. The maximum absolute atomic E-state index is 11.8. The van der Waals surface area contributed by atoms with E-state index in [0.29, 0.717) is 0 Å². The number of hydrogen-bond acceptors (Lipinski definition) is 21. The molecule has 6 unspecified atom stereocenters. The molecule has 21 heteroatoms. The van der Waals surface area contributed by atoms with Gasteiger partial charge in [0.2, 0.25) is 0 Å². The summed E-state index contributed by atoms with van der Waals surface area (Å²) in [7, 11) is 0. The predicted octanol–water partition coefficient (Wildman–Crippen LogP) is -2.02. The molecule has 6 atom stereocenters. The van der Waals surface area contributed by atoms with Crippen molar-refractivity contribution in [3.8, 4) is 0 Å². The van der Waals surface area contributed by atoms with Gasteiger partial charge in [0.1, 0.15) is 63.6 Å². The number of rotatable bonds is 37. The molecule has 0 fully saturated rings. The molecule has 0 rings (SSSR count). The van der Waals surface area contributed by atoms with E-state index in [4.69, 9.17) is 42.6 Å². The Bertz CT molecular complexity index is 1360. The van der Waals surface area contributed by atoms with Crippen LogP contribution in [0.15, 0.2) is 75.9 Å². The summed E-state index contributed by atoms with van der Waals surface area (Å²) in [4.78, 5) is 70.6. The zero-order chi connectivity index (χ0) is 46.4. The molecule has 0 heterocycles. The monoisotopic (exact) mass is 874 g/mol. The molecule has 0 bridgehead atoms. The summed E-state index contributed by atoms with van der Waals surface area (Å²) in [6.07, 6.45) is -6.48. The van der Waals surface area contributed by atoms with E-state index in [1.54, 1.807) is 0 Å². The lowest BCUT2D eigenvalue weighted by molar-refractivity contribution is -0.210. The van der Waals surface area contributed by atoms with Crippen LogP contribution in [0.5, 0.6) is 0 Å². The molecular formula is C40H58O21. The molecule has 0 radical (unpaired) electrons. The van der Waals surface area contributed by atoms with Gasteiger partial charge in [-0.3, -0.25) is 4.79 Å². The van der Waals surface area contributed by atoms with E-state index in [0.717, 1.165) is 36.5 Å². The van der Waals surface area contributed by atoms with Crippen molar-refractivity contribution < 1.29 is 102 Å². The maximum atomic E-state index is 11.8. The fourth-order valence-corrected chi connectivity index (χ4v) is 5.25. The molecule has 0 aliphatic rings. The molecule has 0 aliphatic heterocycles. The molecule has 0 aliphatic carbocycles. The fourth-order valence-electron chi connectivity index (χ4n) is 5.25. The van der Waals surface area contributed by atoms with Gasteiger partial charge in [0.15, 0.2) is 5.78 Å². The van der Waals surface area contributed by atoms with Gasteiger partial charge in [0.25, 0.3) is 0 Å². The second-order valence-corrected chi connectivity index (χ2v) is 12.7. The van der Waals surface area contributed by atoms with Crippen molar-refractivity contribution in [2.75, 3.05) is 85.9 Å². The standard InChI is InChI=1S/C40H58O21/c1-7-27(41)13-14-54-19-28(42)39(29(43)20-57-34(48)8-2,30(44)21-58-35(49)9-3)25-55-17-15-53-16-18-56-26-40(31(45)22-59-36(50)10-4,32(46)23-60-37(51)11-5)33(47)24-61-38(52)12-6/h7-12,28-33,42-47H,1-6,13-26H2. The molecule has 0 saturated heterocycles. The van der Waals surface area contributed by atoms with Crippen molar-refractivity contribution >= 4 is 35.6 Å². The van der Waals surface area contributed by atoms with Crippen LogP contribution >= 0.6 is 0 Å². The average Bonchev–Trinajstić information content (AvgIpc) is 3.27. The van der Waals surface area contributed by atoms with Gasteiger partial charge in [-0.05, 0) is 6.08 Å². The van der Waals surface area contributed by atoms with Crippen LogP contribution in [-0.2, 0) is 71.4 Å². The minimum atomic E-state index is -2.26. The Hall–Kier alpha value is -4.94. The van der Waals surface area contributed by atoms with Crippen molar-refractivity contribution in [2.24, 2.45) is 10.8 Å². The third-order valence-electron chi connectivity index (χ3n) is 8.92. The highest BCUT2D eigenvalue weighted by molar-refractivity contribution is 5.89. The number of carbonyl (C=O) groups excluding carboxylic acids is 6. The normalized spacial score (nSPS) is 15.9.